The fourth-order valence-electron chi connectivity index (χ4n) is 0.598. The molecule has 1 aromatic heterocycles. The van der Waals surface area contributed by atoms with Gasteiger partial charge in [-0.1, -0.05) is 0 Å². The Kier molecular flexibility index (Phi) is 1.85. The lowest BCUT2D eigenvalue weighted by Crippen LogP contribution is -2.12. The lowest BCUT2D eigenvalue weighted by Gasteiger charge is -2.08. The zero-order valence-corrected chi connectivity index (χ0v) is 6.42. The van der Waals surface area contributed by atoms with Crippen molar-refractivity contribution in [3.8, 4) is 0 Å². The zero-order valence-electron chi connectivity index (χ0n) is 6.42. The molecule has 1 heterocycles. The second-order valence-corrected chi connectivity index (χ2v) is 2.33. The van der Waals surface area contributed by atoms with E-state index in [1.165, 1.54) is 0 Å². The summed E-state index contributed by atoms with van der Waals surface area (Å²) in [6.45, 7) is 1.92. The van der Waals surface area contributed by atoms with Crippen LogP contribution in [0.25, 0.3) is 0 Å². The number of rotatable bonds is 1. The number of hydrogen-bond acceptors (Lipinski definition) is 3. The van der Waals surface area contributed by atoms with E-state index in [9.17, 15) is 0 Å². The normalized spacial score (nSPS) is 9.50. The van der Waals surface area contributed by atoms with Gasteiger partial charge in [0.25, 0.3) is 0 Å². The summed E-state index contributed by atoms with van der Waals surface area (Å²) in [5, 5.41) is 0. The molecule has 10 heavy (non-hydrogen) atoms. The van der Waals surface area contributed by atoms with E-state index in [-0.39, 0.29) is 0 Å². The molecule has 3 heteroatoms. The average Bonchev–Trinajstić information content (AvgIpc) is 1.88. The Hall–Kier alpha value is -1.12. The molecule has 1 aromatic rings. The van der Waals surface area contributed by atoms with E-state index in [0.717, 1.165) is 5.69 Å². The predicted octanol–water partition coefficient (Wildman–Crippen LogP) is 0.651. The molecule has 0 atom stereocenters. The van der Waals surface area contributed by atoms with Crippen LogP contribution < -0.4 is 4.90 Å². The van der Waals surface area contributed by atoms with Gasteiger partial charge in [-0.05, 0) is 13.0 Å². The Morgan fingerprint density at radius 2 is 2.20 bits per heavy atom. The highest BCUT2D eigenvalue weighted by Gasteiger charge is 1.95. The van der Waals surface area contributed by atoms with E-state index in [0.29, 0.717) is 5.95 Å². The maximum Gasteiger partial charge on any atom is 0.225 e. The molecule has 0 N–H and O–H groups in total. The van der Waals surface area contributed by atoms with E-state index >= 15 is 0 Å². The lowest BCUT2D eigenvalue weighted by atomic mass is 10.5. The summed E-state index contributed by atoms with van der Waals surface area (Å²) in [4.78, 5) is 9.94. The van der Waals surface area contributed by atoms with E-state index in [1.54, 1.807) is 6.07 Å². The van der Waals surface area contributed by atoms with Crippen molar-refractivity contribution in [1.29, 1.82) is 0 Å². The van der Waals surface area contributed by atoms with Crippen LogP contribution in [0.1, 0.15) is 5.69 Å². The Morgan fingerprint density at radius 1 is 1.50 bits per heavy atom. The topological polar surface area (TPSA) is 29.0 Å². The van der Waals surface area contributed by atoms with Gasteiger partial charge in [0.15, 0.2) is 0 Å². The number of aryl methyl sites for hydroxylation is 1. The minimum absolute atomic E-state index is 0.708. The number of nitrogens with zero attached hydrogens (tertiary/aromatic N) is 3. The summed E-state index contributed by atoms with van der Waals surface area (Å²) >= 11 is 0. The van der Waals surface area contributed by atoms with Crippen molar-refractivity contribution in [1.82, 2.24) is 9.97 Å². The summed E-state index contributed by atoms with van der Waals surface area (Å²) in [6, 6.07) is 1.76. The van der Waals surface area contributed by atoms with Gasteiger partial charge in [0, 0.05) is 19.8 Å². The van der Waals surface area contributed by atoms with Gasteiger partial charge < -0.3 is 4.90 Å². The first kappa shape index (κ1) is 6.99. The van der Waals surface area contributed by atoms with Gasteiger partial charge in [0.2, 0.25) is 5.95 Å². The molecule has 0 aromatic carbocycles. The molecular weight excluding hydrogens is 126 g/mol. The molecule has 0 unspecified atom stereocenters. The standard InChI is InChI=1S/C7H10N3/c1-6-4-5-8-7(9-6)10(2)3/h4H,1-3H3. The van der Waals surface area contributed by atoms with Crippen LogP contribution in [0.5, 0.6) is 0 Å². The van der Waals surface area contributed by atoms with Crippen molar-refractivity contribution in [2.45, 2.75) is 6.92 Å². The first-order valence-corrected chi connectivity index (χ1v) is 3.09. The largest absolute Gasteiger partial charge is 0.347 e. The van der Waals surface area contributed by atoms with Crippen molar-refractivity contribution >= 4 is 5.95 Å². The molecule has 0 aliphatic carbocycles. The van der Waals surface area contributed by atoms with Gasteiger partial charge >= 0.3 is 0 Å². The van der Waals surface area contributed by atoms with E-state index in [2.05, 4.69) is 16.2 Å². The Bertz CT molecular complexity index is 220. The van der Waals surface area contributed by atoms with Crippen LogP contribution in [0.15, 0.2) is 6.07 Å². The van der Waals surface area contributed by atoms with Gasteiger partial charge in [-0.2, -0.15) is 0 Å². The molecule has 0 aliphatic heterocycles. The van der Waals surface area contributed by atoms with E-state index in [1.807, 2.05) is 25.9 Å². The Labute approximate surface area is 60.7 Å². The summed E-state index contributed by atoms with van der Waals surface area (Å²) in [7, 11) is 3.81. The molecule has 1 radical (unpaired) electrons. The third-order valence-electron chi connectivity index (χ3n) is 1.11. The van der Waals surface area contributed by atoms with E-state index in [4.69, 9.17) is 0 Å². The molecule has 0 saturated carbocycles. The number of anilines is 1. The van der Waals surface area contributed by atoms with Gasteiger partial charge in [-0.25, -0.2) is 9.97 Å². The van der Waals surface area contributed by atoms with Crippen LogP contribution >= 0.6 is 0 Å². The maximum atomic E-state index is 4.16. The smallest absolute Gasteiger partial charge is 0.225 e. The van der Waals surface area contributed by atoms with Gasteiger partial charge in [-0.15, -0.1) is 0 Å². The maximum absolute atomic E-state index is 4.16. The number of aromatic nitrogens is 2. The van der Waals surface area contributed by atoms with Crippen molar-refractivity contribution in [3.63, 3.8) is 0 Å². The quantitative estimate of drug-likeness (QED) is 0.567. The molecule has 0 bridgehead atoms. The summed E-state index contributed by atoms with van der Waals surface area (Å²) in [6.07, 6.45) is 2.76. The molecule has 1 rings (SSSR count). The first-order chi connectivity index (χ1) is 4.70. The molecule has 0 fully saturated rings. The average molecular weight is 136 g/mol. The third-order valence-corrected chi connectivity index (χ3v) is 1.11. The molecular formula is C7H10N3. The zero-order chi connectivity index (χ0) is 7.56. The predicted molar refractivity (Wildman–Crippen MR) is 39.9 cm³/mol. The summed E-state index contributed by atoms with van der Waals surface area (Å²) in [5.74, 6) is 0.708. The van der Waals surface area contributed by atoms with E-state index < -0.39 is 0 Å². The van der Waals surface area contributed by atoms with Crippen molar-refractivity contribution in [3.05, 3.63) is 18.0 Å². The van der Waals surface area contributed by atoms with Crippen LogP contribution in [0.4, 0.5) is 5.95 Å². The monoisotopic (exact) mass is 136 g/mol. The minimum Gasteiger partial charge on any atom is -0.347 e. The molecule has 0 aliphatic rings. The highest BCUT2D eigenvalue weighted by Crippen LogP contribution is 2.00. The van der Waals surface area contributed by atoms with Crippen molar-refractivity contribution < 1.29 is 0 Å². The molecule has 0 saturated heterocycles. The fraction of sp³-hybridized carbons (Fsp3) is 0.429. The van der Waals surface area contributed by atoms with Crippen molar-refractivity contribution in [2.24, 2.45) is 0 Å². The molecule has 3 nitrogen and oxygen atoms in total. The van der Waals surface area contributed by atoms with Gasteiger partial charge in [0.05, 0.1) is 6.20 Å². The van der Waals surface area contributed by atoms with Crippen LogP contribution in [0.3, 0.4) is 0 Å². The van der Waals surface area contributed by atoms with Gasteiger partial charge in [-0.3, -0.25) is 0 Å². The fourth-order valence-corrected chi connectivity index (χ4v) is 0.598. The summed E-state index contributed by atoms with van der Waals surface area (Å²) in [5.41, 5.74) is 0.943. The highest BCUT2D eigenvalue weighted by atomic mass is 15.2. The highest BCUT2D eigenvalue weighted by molar-refractivity contribution is 5.26. The molecule has 0 amide bonds. The van der Waals surface area contributed by atoms with Gasteiger partial charge in [0.1, 0.15) is 0 Å². The number of hydrogen-bond donors (Lipinski definition) is 0. The first-order valence-electron chi connectivity index (χ1n) is 3.09. The Morgan fingerprint density at radius 3 is 2.60 bits per heavy atom. The SMILES string of the molecule is Cc1c[c]nc(N(C)C)n1. The van der Waals surface area contributed by atoms with Crippen LogP contribution in [0, 0.1) is 13.1 Å². The van der Waals surface area contributed by atoms with Crippen LogP contribution in [0.2, 0.25) is 0 Å². The third kappa shape index (κ3) is 1.43. The lowest BCUT2D eigenvalue weighted by molar-refractivity contribution is 0.974. The minimum atomic E-state index is 0.708. The molecule has 53 valence electrons. The summed E-state index contributed by atoms with van der Waals surface area (Å²) < 4.78 is 0. The molecule has 0 spiro atoms. The second kappa shape index (κ2) is 2.64. The second-order valence-electron chi connectivity index (χ2n) is 2.33. The Balaban J connectivity index is 2.96. The van der Waals surface area contributed by atoms with Crippen LogP contribution in [-0.4, -0.2) is 24.1 Å². The van der Waals surface area contributed by atoms with Crippen LogP contribution in [-0.2, 0) is 0 Å². The van der Waals surface area contributed by atoms with Crippen molar-refractivity contribution in [2.75, 3.05) is 19.0 Å².